The van der Waals surface area contributed by atoms with Crippen molar-refractivity contribution in [2.24, 2.45) is 0 Å². The van der Waals surface area contributed by atoms with Crippen LogP contribution in [0, 0.1) is 10.1 Å². The zero-order valence-electron chi connectivity index (χ0n) is 8.50. The number of ether oxygens (including phenoxy) is 1. The van der Waals surface area contributed by atoms with Crippen molar-refractivity contribution in [3.8, 4) is 11.5 Å². The first-order valence-electron chi connectivity index (χ1n) is 4.19. The Labute approximate surface area is 94.2 Å². The van der Waals surface area contributed by atoms with Gasteiger partial charge in [-0.3, -0.25) is 14.9 Å². The second kappa shape index (κ2) is 4.47. The molecule has 0 unspecified atom stereocenters. The van der Waals surface area contributed by atoms with Crippen LogP contribution in [0.5, 0.6) is 11.5 Å². The molecule has 0 heterocycles. The monoisotopic (exact) mass is 240 g/mol. The van der Waals surface area contributed by atoms with Gasteiger partial charge in [-0.25, -0.2) is 4.79 Å². The van der Waals surface area contributed by atoms with E-state index < -0.39 is 39.4 Å². The highest BCUT2D eigenvalue weighted by Crippen LogP contribution is 2.34. The molecule has 0 saturated carbocycles. The van der Waals surface area contributed by atoms with E-state index in [-0.39, 0.29) is 0 Å². The number of benzene rings is 1. The average Bonchev–Trinajstić information content (AvgIpc) is 2.27. The number of nitro groups is 1. The number of nitrogens with zero attached hydrogens (tertiary/aromatic N) is 1. The summed E-state index contributed by atoms with van der Waals surface area (Å²) >= 11 is 0. The third-order valence-electron chi connectivity index (χ3n) is 1.91. The number of hydrogen-bond acceptors (Lipinski definition) is 6. The molecule has 0 fully saturated rings. The van der Waals surface area contributed by atoms with Gasteiger partial charge in [0.05, 0.1) is 12.0 Å². The van der Waals surface area contributed by atoms with Gasteiger partial charge in [0, 0.05) is 17.4 Å². The number of hydrogen-bond donors (Lipinski definition) is 1. The molecule has 0 aromatic heterocycles. The van der Waals surface area contributed by atoms with Crippen LogP contribution in [0.15, 0.2) is 12.1 Å². The molecule has 0 radical (unpaired) electrons. The van der Waals surface area contributed by atoms with Crippen LogP contribution < -0.4 is 9.84 Å². The fourth-order valence-corrected chi connectivity index (χ4v) is 1.13. The lowest BCUT2D eigenvalue weighted by Crippen LogP contribution is -2.14. The van der Waals surface area contributed by atoms with Gasteiger partial charge in [-0.2, -0.15) is 0 Å². The number of carbonyl (C=O) groups is 2. The molecule has 1 rings (SSSR count). The Morgan fingerprint density at radius 3 is 2.41 bits per heavy atom. The molecule has 0 spiro atoms. The number of ketones is 1. The highest BCUT2D eigenvalue weighted by atomic mass is 16.6. The van der Waals surface area contributed by atoms with Crippen LogP contribution in [0.4, 0.5) is 5.69 Å². The molecule has 1 aromatic carbocycles. The van der Waals surface area contributed by atoms with Gasteiger partial charge in [-0.1, -0.05) is 0 Å². The Balaban J connectivity index is 3.45. The SMILES string of the molecule is COc1cc(C(=O)C(=O)O)cc([N+](=O)[O-])c1[O-]. The molecule has 90 valence electrons. The van der Waals surface area contributed by atoms with Crippen molar-refractivity contribution in [2.45, 2.75) is 0 Å². The summed E-state index contributed by atoms with van der Waals surface area (Å²) in [5.41, 5.74) is -1.39. The summed E-state index contributed by atoms with van der Waals surface area (Å²) in [7, 11) is 1.08. The number of nitro benzene ring substituents is 1. The quantitative estimate of drug-likeness (QED) is 0.337. The molecule has 17 heavy (non-hydrogen) atoms. The minimum Gasteiger partial charge on any atom is -0.865 e. The van der Waals surface area contributed by atoms with E-state index >= 15 is 0 Å². The Kier molecular flexibility index (Phi) is 3.27. The van der Waals surface area contributed by atoms with Crippen molar-refractivity contribution in [3.63, 3.8) is 0 Å². The van der Waals surface area contributed by atoms with Crippen molar-refractivity contribution in [1.82, 2.24) is 0 Å². The summed E-state index contributed by atoms with van der Waals surface area (Å²) in [6, 6.07) is 1.47. The van der Waals surface area contributed by atoms with E-state index in [1.165, 1.54) is 0 Å². The van der Waals surface area contributed by atoms with Gasteiger partial charge >= 0.3 is 5.97 Å². The zero-order chi connectivity index (χ0) is 13.2. The third kappa shape index (κ3) is 2.30. The summed E-state index contributed by atoms with van der Waals surface area (Å²) in [6.07, 6.45) is 0. The maximum Gasteiger partial charge on any atom is 0.377 e. The molecule has 0 aliphatic carbocycles. The summed E-state index contributed by atoms with van der Waals surface area (Å²) in [4.78, 5) is 31.1. The van der Waals surface area contributed by atoms with Crippen molar-refractivity contribution < 1.29 is 29.5 Å². The molecule has 1 aromatic rings. The standard InChI is InChI=1S/C9H7NO7/c1-17-6-3-4(7(11)9(13)14)2-5(8(6)12)10(15)16/h2-3,12H,1H3,(H,13,14)/p-1. The lowest BCUT2D eigenvalue weighted by atomic mass is 10.1. The molecule has 1 N–H and O–H groups in total. The van der Waals surface area contributed by atoms with E-state index in [9.17, 15) is 24.8 Å². The van der Waals surface area contributed by atoms with Crippen LogP contribution in [-0.2, 0) is 4.79 Å². The second-order valence-electron chi connectivity index (χ2n) is 2.92. The minimum absolute atomic E-state index is 0.455. The molecule has 0 aliphatic rings. The van der Waals surface area contributed by atoms with Crippen LogP contribution in [0.25, 0.3) is 0 Å². The number of aliphatic carboxylic acids is 1. The Morgan fingerprint density at radius 1 is 1.41 bits per heavy atom. The van der Waals surface area contributed by atoms with Gasteiger partial charge < -0.3 is 14.9 Å². The van der Waals surface area contributed by atoms with Crippen molar-refractivity contribution >= 4 is 17.4 Å². The normalized spacial score (nSPS) is 9.71. The molecule has 0 amide bonds. The van der Waals surface area contributed by atoms with Crippen LogP contribution >= 0.6 is 0 Å². The highest BCUT2D eigenvalue weighted by molar-refractivity contribution is 6.40. The first kappa shape index (κ1) is 12.4. The van der Waals surface area contributed by atoms with Gasteiger partial charge in [0.1, 0.15) is 5.75 Å². The lowest BCUT2D eigenvalue weighted by molar-refractivity contribution is -0.398. The summed E-state index contributed by atoms with van der Waals surface area (Å²) < 4.78 is 4.54. The van der Waals surface area contributed by atoms with Gasteiger partial charge in [0.15, 0.2) is 0 Å². The maximum atomic E-state index is 11.4. The maximum absolute atomic E-state index is 11.4. The van der Waals surface area contributed by atoms with E-state index in [4.69, 9.17) is 5.11 Å². The molecule has 8 nitrogen and oxygen atoms in total. The van der Waals surface area contributed by atoms with Crippen molar-refractivity contribution in [2.75, 3.05) is 7.11 Å². The average molecular weight is 240 g/mol. The summed E-state index contributed by atoms with van der Waals surface area (Å²) in [6.45, 7) is 0. The molecular formula is C9H6NO7-. The highest BCUT2D eigenvalue weighted by Gasteiger charge is 2.21. The Hall–Kier alpha value is -2.64. The first-order valence-corrected chi connectivity index (χ1v) is 4.19. The zero-order valence-corrected chi connectivity index (χ0v) is 8.50. The topological polar surface area (TPSA) is 130 Å². The fourth-order valence-electron chi connectivity index (χ4n) is 1.13. The molecule has 0 saturated heterocycles. The Morgan fingerprint density at radius 2 is 2.00 bits per heavy atom. The number of Topliss-reactive ketones (excluding diaryl/α,β-unsaturated/α-hetero) is 1. The van der Waals surface area contributed by atoms with E-state index in [0.717, 1.165) is 13.2 Å². The number of rotatable bonds is 4. The van der Waals surface area contributed by atoms with Crippen LogP contribution in [-0.4, -0.2) is 28.9 Å². The number of methoxy groups -OCH3 is 1. The van der Waals surface area contributed by atoms with E-state index in [1.807, 2.05) is 0 Å². The smallest absolute Gasteiger partial charge is 0.377 e. The first-order chi connectivity index (χ1) is 7.88. The van der Waals surface area contributed by atoms with Gasteiger partial charge in [-0.15, -0.1) is 0 Å². The largest absolute Gasteiger partial charge is 0.865 e. The van der Waals surface area contributed by atoms with E-state index in [2.05, 4.69) is 4.74 Å². The third-order valence-corrected chi connectivity index (χ3v) is 1.91. The fraction of sp³-hybridized carbons (Fsp3) is 0.111. The predicted molar refractivity (Wildman–Crippen MR) is 51.1 cm³/mol. The number of carbonyl (C=O) groups excluding carboxylic acids is 1. The van der Waals surface area contributed by atoms with Crippen LogP contribution in [0.2, 0.25) is 0 Å². The molecule has 0 atom stereocenters. The van der Waals surface area contributed by atoms with Gasteiger partial charge in [0.25, 0.3) is 11.5 Å². The molecule has 0 bridgehead atoms. The molecule has 0 aliphatic heterocycles. The lowest BCUT2D eigenvalue weighted by Gasteiger charge is -2.13. The molecule has 8 heteroatoms. The minimum atomic E-state index is -1.78. The summed E-state index contributed by atoms with van der Waals surface area (Å²) in [5, 5.41) is 30.3. The number of carboxylic acid groups (broad SMARTS) is 1. The number of carboxylic acids is 1. The predicted octanol–water partition coefficient (Wildman–Crippen LogP) is -0.0557. The van der Waals surface area contributed by atoms with Crippen LogP contribution in [0.1, 0.15) is 10.4 Å². The van der Waals surface area contributed by atoms with Crippen molar-refractivity contribution in [1.29, 1.82) is 0 Å². The second-order valence-corrected chi connectivity index (χ2v) is 2.92. The summed E-state index contributed by atoms with van der Waals surface area (Å²) in [5.74, 6) is -4.60. The van der Waals surface area contributed by atoms with Gasteiger partial charge in [-0.05, 0) is 6.07 Å². The van der Waals surface area contributed by atoms with Gasteiger partial charge in [0.2, 0.25) is 0 Å². The van der Waals surface area contributed by atoms with Crippen LogP contribution in [0.3, 0.4) is 0 Å². The van der Waals surface area contributed by atoms with Crippen molar-refractivity contribution in [3.05, 3.63) is 27.8 Å². The Bertz CT molecular complexity index is 508. The van der Waals surface area contributed by atoms with E-state index in [1.54, 1.807) is 0 Å². The van der Waals surface area contributed by atoms with E-state index in [0.29, 0.717) is 6.07 Å². The molecular weight excluding hydrogens is 234 g/mol.